The molecule has 0 heterocycles. The first-order valence-corrected chi connectivity index (χ1v) is 6.92. The molecule has 0 bridgehead atoms. The van der Waals surface area contributed by atoms with Crippen LogP contribution in [0, 0.1) is 0 Å². The molecule has 0 aromatic heterocycles. The fourth-order valence-corrected chi connectivity index (χ4v) is 1.64. The molecule has 1 rings (SSSR count). The van der Waals surface area contributed by atoms with Crippen LogP contribution in [0.2, 0.25) is 0 Å². The van der Waals surface area contributed by atoms with E-state index in [9.17, 15) is 0 Å². The van der Waals surface area contributed by atoms with E-state index in [1.807, 2.05) is 25.1 Å². The van der Waals surface area contributed by atoms with E-state index in [0.717, 1.165) is 5.56 Å². The van der Waals surface area contributed by atoms with Gasteiger partial charge in [-0.25, -0.2) is 0 Å². The summed E-state index contributed by atoms with van der Waals surface area (Å²) >= 11 is 0. The normalized spacial score (nSPS) is 10.2. The molecule has 0 N–H and O–H groups in total. The van der Waals surface area contributed by atoms with Gasteiger partial charge in [0.2, 0.25) is 0 Å². The highest BCUT2D eigenvalue weighted by Gasteiger charge is 2.09. The summed E-state index contributed by atoms with van der Waals surface area (Å²) in [4.78, 5) is 0. The smallest absolute Gasteiger partial charge is 0.162 e. The van der Waals surface area contributed by atoms with Crippen LogP contribution in [0.4, 0.5) is 0 Å². The third-order valence-corrected chi connectivity index (χ3v) is 2.67. The van der Waals surface area contributed by atoms with Crippen molar-refractivity contribution in [2.45, 2.75) is 6.92 Å². The van der Waals surface area contributed by atoms with Crippen molar-refractivity contribution in [3.8, 4) is 11.5 Å². The largest absolute Gasteiger partial charge is 0.494 e. The summed E-state index contributed by atoms with van der Waals surface area (Å²) in [6.07, 6.45) is 0. The van der Waals surface area contributed by atoms with Crippen molar-refractivity contribution in [2.75, 3.05) is 47.3 Å². The van der Waals surface area contributed by atoms with E-state index in [1.54, 1.807) is 14.2 Å². The Kier molecular flexibility index (Phi) is 8.31. The van der Waals surface area contributed by atoms with Crippen LogP contribution in [0.15, 0.2) is 24.8 Å². The summed E-state index contributed by atoms with van der Waals surface area (Å²) in [7, 11) is 3.27. The highest BCUT2D eigenvalue weighted by molar-refractivity contribution is 5.61. The maximum atomic E-state index is 5.69. The van der Waals surface area contributed by atoms with Crippen LogP contribution in [0.3, 0.4) is 0 Å². The Morgan fingerprint density at radius 2 is 1.57 bits per heavy atom. The van der Waals surface area contributed by atoms with E-state index in [2.05, 4.69) is 6.58 Å². The lowest BCUT2D eigenvalue weighted by Gasteiger charge is -2.15. The van der Waals surface area contributed by atoms with E-state index in [-0.39, 0.29) is 0 Å². The van der Waals surface area contributed by atoms with Gasteiger partial charge in [0.1, 0.15) is 19.0 Å². The quantitative estimate of drug-likeness (QED) is 0.464. The highest BCUT2D eigenvalue weighted by atomic mass is 16.5. The van der Waals surface area contributed by atoms with E-state index in [1.165, 1.54) is 0 Å². The van der Waals surface area contributed by atoms with Gasteiger partial charge >= 0.3 is 0 Å². The Hall–Kier alpha value is -1.72. The SMILES string of the molecule is C=C(OCC)c1ccc(OCCOC)c(OCCOC)c1. The standard InChI is InChI=1S/C16H24O5/c1-5-19-13(2)14-6-7-15(20-10-8-17-3)16(12-14)21-11-9-18-4/h6-7,12H,2,5,8-11H2,1,3-4H3. The van der Waals surface area contributed by atoms with Crippen LogP contribution < -0.4 is 9.47 Å². The number of rotatable bonds is 11. The van der Waals surface area contributed by atoms with Crippen LogP contribution in [-0.4, -0.2) is 47.3 Å². The van der Waals surface area contributed by atoms with Gasteiger partial charge in [0.15, 0.2) is 11.5 Å². The molecule has 0 saturated carbocycles. The topological polar surface area (TPSA) is 46.2 Å². The van der Waals surface area contributed by atoms with Crippen LogP contribution in [0.5, 0.6) is 11.5 Å². The summed E-state index contributed by atoms with van der Waals surface area (Å²) in [6, 6.07) is 5.59. The van der Waals surface area contributed by atoms with Gasteiger partial charge in [-0.2, -0.15) is 0 Å². The summed E-state index contributed by atoms with van der Waals surface area (Å²) in [5.41, 5.74) is 0.864. The first-order valence-electron chi connectivity index (χ1n) is 6.92. The summed E-state index contributed by atoms with van der Waals surface area (Å²) in [5, 5.41) is 0. The molecule has 5 nitrogen and oxygen atoms in total. The minimum atomic E-state index is 0.446. The highest BCUT2D eigenvalue weighted by Crippen LogP contribution is 2.31. The average Bonchev–Trinajstić information content (AvgIpc) is 2.49. The van der Waals surface area contributed by atoms with Crippen molar-refractivity contribution < 1.29 is 23.7 Å². The van der Waals surface area contributed by atoms with Gasteiger partial charge in [-0.15, -0.1) is 0 Å². The van der Waals surface area contributed by atoms with Crippen LogP contribution in [0.25, 0.3) is 5.76 Å². The van der Waals surface area contributed by atoms with E-state index >= 15 is 0 Å². The Labute approximate surface area is 126 Å². The molecule has 0 atom stereocenters. The number of benzene rings is 1. The molecule has 1 aromatic carbocycles. The molecule has 1 aromatic rings. The zero-order valence-corrected chi connectivity index (χ0v) is 13.0. The molecule has 0 fully saturated rings. The molecule has 0 saturated heterocycles. The third-order valence-electron chi connectivity index (χ3n) is 2.67. The monoisotopic (exact) mass is 296 g/mol. The minimum absolute atomic E-state index is 0.446. The number of hydrogen-bond acceptors (Lipinski definition) is 5. The third kappa shape index (κ3) is 6.06. The van der Waals surface area contributed by atoms with Gasteiger partial charge in [-0.1, -0.05) is 6.58 Å². The molecule has 0 aliphatic carbocycles. The predicted molar refractivity (Wildman–Crippen MR) is 81.8 cm³/mol. The zero-order valence-electron chi connectivity index (χ0n) is 13.0. The van der Waals surface area contributed by atoms with E-state index in [0.29, 0.717) is 50.3 Å². The molecule has 0 unspecified atom stereocenters. The van der Waals surface area contributed by atoms with Crippen molar-refractivity contribution in [3.63, 3.8) is 0 Å². The molecule has 0 aliphatic heterocycles. The van der Waals surface area contributed by atoms with E-state index in [4.69, 9.17) is 23.7 Å². The summed E-state index contributed by atoms with van der Waals surface area (Å²) < 4.78 is 26.7. The van der Waals surface area contributed by atoms with Crippen molar-refractivity contribution in [1.29, 1.82) is 0 Å². The van der Waals surface area contributed by atoms with Crippen LogP contribution in [-0.2, 0) is 14.2 Å². The Bertz CT molecular complexity index is 431. The molecule has 118 valence electrons. The average molecular weight is 296 g/mol. The van der Waals surface area contributed by atoms with Gasteiger partial charge in [0, 0.05) is 19.8 Å². The molecule has 0 spiro atoms. The van der Waals surface area contributed by atoms with Crippen molar-refractivity contribution in [2.24, 2.45) is 0 Å². The van der Waals surface area contributed by atoms with E-state index < -0.39 is 0 Å². The summed E-state index contributed by atoms with van der Waals surface area (Å²) in [5.74, 6) is 1.91. The van der Waals surface area contributed by atoms with Gasteiger partial charge in [-0.3, -0.25) is 0 Å². The fraction of sp³-hybridized carbons (Fsp3) is 0.500. The van der Waals surface area contributed by atoms with Crippen molar-refractivity contribution in [1.82, 2.24) is 0 Å². The van der Waals surface area contributed by atoms with Gasteiger partial charge in [0.25, 0.3) is 0 Å². The van der Waals surface area contributed by atoms with Crippen LogP contribution >= 0.6 is 0 Å². The molecule has 0 amide bonds. The Morgan fingerprint density at radius 3 is 2.14 bits per heavy atom. The van der Waals surface area contributed by atoms with Crippen LogP contribution in [0.1, 0.15) is 12.5 Å². The second-order valence-electron chi connectivity index (χ2n) is 4.20. The Morgan fingerprint density at radius 1 is 0.952 bits per heavy atom. The van der Waals surface area contributed by atoms with Gasteiger partial charge in [-0.05, 0) is 25.1 Å². The first kappa shape index (κ1) is 17.3. The minimum Gasteiger partial charge on any atom is -0.494 e. The molecule has 5 heteroatoms. The predicted octanol–water partition coefficient (Wildman–Crippen LogP) is 2.74. The lowest BCUT2D eigenvalue weighted by molar-refractivity contribution is 0.132. The number of hydrogen-bond donors (Lipinski definition) is 0. The number of methoxy groups -OCH3 is 2. The first-order chi connectivity index (χ1) is 10.2. The van der Waals surface area contributed by atoms with Gasteiger partial charge in [0.05, 0.1) is 19.8 Å². The summed E-state index contributed by atoms with van der Waals surface area (Å²) in [6.45, 7) is 8.32. The lowest BCUT2D eigenvalue weighted by Crippen LogP contribution is -2.09. The lowest BCUT2D eigenvalue weighted by atomic mass is 10.2. The second kappa shape index (κ2) is 10.1. The molecule has 0 radical (unpaired) electrons. The molecular weight excluding hydrogens is 272 g/mol. The second-order valence-corrected chi connectivity index (χ2v) is 4.20. The molecule has 0 aliphatic rings. The molecular formula is C16H24O5. The number of ether oxygens (including phenoxy) is 5. The zero-order chi connectivity index (χ0) is 15.5. The van der Waals surface area contributed by atoms with Crippen molar-refractivity contribution in [3.05, 3.63) is 30.3 Å². The van der Waals surface area contributed by atoms with Gasteiger partial charge < -0.3 is 23.7 Å². The molecule has 21 heavy (non-hydrogen) atoms. The fourth-order valence-electron chi connectivity index (χ4n) is 1.64. The maximum Gasteiger partial charge on any atom is 0.162 e. The Balaban J connectivity index is 2.82. The maximum absolute atomic E-state index is 5.69. The van der Waals surface area contributed by atoms with Crippen molar-refractivity contribution >= 4 is 5.76 Å².